The standard InChI is InChI=1S/C15H20N2OS/c1-15(16-10-3-2-4-11-16)9-12-17(15,18)13-5-7-14(19)8-6-13/h5-9,12,19H,2-4,10-11H2,1H3. The van der Waals surface area contributed by atoms with Crippen LogP contribution in [0.5, 0.6) is 0 Å². The Morgan fingerprint density at radius 1 is 1.16 bits per heavy atom. The molecule has 0 bridgehead atoms. The fourth-order valence-electron chi connectivity index (χ4n) is 3.11. The third kappa shape index (κ3) is 1.94. The van der Waals surface area contributed by atoms with Crippen LogP contribution in [0.2, 0.25) is 0 Å². The number of benzene rings is 1. The number of hydroxylamine groups is 2. The maximum atomic E-state index is 13.2. The number of likely N-dealkylation sites (tertiary alicyclic amines) is 1. The normalized spacial score (nSPS) is 35.1. The monoisotopic (exact) mass is 276 g/mol. The molecule has 2 aliphatic rings. The summed E-state index contributed by atoms with van der Waals surface area (Å²) < 4.78 is -0.374. The lowest BCUT2D eigenvalue weighted by Gasteiger charge is -2.60. The molecule has 2 atom stereocenters. The molecule has 1 fully saturated rings. The number of nitrogens with zero attached hydrogens (tertiary/aromatic N) is 2. The first-order valence-corrected chi connectivity index (χ1v) is 7.36. The SMILES string of the molecule is CC1(N2CCCCC2)C=C[N+]1([O-])c1ccc(S)cc1. The van der Waals surface area contributed by atoms with E-state index in [2.05, 4.69) is 30.5 Å². The van der Waals surface area contributed by atoms with E-state index in [1.807, 2.05) is 24.3 Å². The first kappa shape index (κ1) is 13.2. The minimum absolute atomic E-state index is 0.374. The van der Waals surface area contributed by atoms with E-state index >= 15 is 0 Å². The van der Waals surface area contributed by atoms with Gasteiger partial charge in [0.15, 0.2) is 5.66 Å². The van der Waals surface area contributed by atoms with Gasteiger partial charge in [-0.3, -0.25) is 4.65 Å². The summed E-state index contributed by atoms with van der Waals surface area (Å²) in [5.41, 5.74) is 0.340. The average Bonchev–Trinajstić information content (AvgIpc) is 2.46. The zero-order valence-electron chi connectivity index (χ0n) is 11.2. The van der Waals surface area contributed by atoms with Crippen molar-refractivity contribution in [1.82, 2.24) is 9.55 Å². The van der Waals surface area contributed by atoms with Gasteiger partial charge in [-0.2, -0.15) is 0 Å². The first-order valence-electron chi connectivity index (χ1n) is 6.91. The molecular formula is C15H20N2OS. The second-order valence-electron chi connectivity index (χ2n) is 5.63. The van der Waals surface area contributed by atoms with Crippen molar-refractivity contribution in [1.29, 1.82) is 0 Å². The summed E-state index contributed by atoms with van der Waals surface area (Å²) in [4.78, 5) is 3.22. The molecule has 2 heterocycles. The number of piperidine rings is 1. The Morgan fingerprint density at radius 3 is 2.32 bits per heavy atom. The van der Waals surface area contributed by atoms with Crippen molar-refractivity contribution in [2.75, 3.05) is 13.1 Å². The summed E-state index contributed by atoms with van der Waals surface area (Å²) in [5.74, 6) is 0. The van der Waals surface area contributed by atoms with E-state index in [4.69, 9.17) is 0 Å². The van der Waals surface area contributed by atoms with Gasteiger partial charge in [-0.25, -0.2) is 4.90 Å². The van der Waals surface area contributed by atoms with Crippen molar-refractivity contribution in [3.63, 3.8) is 0 Å². The van der Waals surface area contributed by atoms with E-state index in [9.17, 15) is 5.21 Å². The number of quaternary nitrogens is 1. The number of hydrogen-bond donors (Lipinski definition) is 1. The van der Waals surface area contributed by atoms with E-state index in [0.29, 0.717) is 0 Å². The Labute approximate surface area is 120 Å². The highest BCUT2D eigenvalue weighted by atomic mass is 32.1. The zero-order chi connectivity index (χ0) is 13.5. The second-order valence-corrected chi connectivity index (χ2v) is 6.15. The summed E-state index contributed by atoms with van der Waals surface area (Å²) in [6.45, 7) is 4.10. The van der Waals surface area contributed by atoms with E-state index < -0.39 is 5.66 Å². The molecule has 3 nitrogen and oxygen atoms in total. The van der Waals surface area contributed by atoms with Crippen molar-refractivity contribution in [3.8, 4) is 0 Å². The van der Waals surface area contributed by atoms with Gasteiger partial charge in [0.1, 0.15) is 11.9 Å². The van der Waals surface area contributed by atoms with Gasteiger partial charge < -0.3 is 5.21 Å². The number of hydrogen-bond acceptors (Lipinski definition) is 3. The second kappa shape index (κ2) is 4.63. The van der Waals surface area contributed by atoms with E-state index in [-0.39, 0.29) is 4.65 Å². The minimum Gasteiger partial charge on any atom is -0.621 e. The van der Waals surface area contributed by atoms with Crippen molar-refractivity contribution < 1.29 is 0 Å². The molecule has 0 saturated carbocycles. The van der Waals surface area contributed by atoms with Gasteiger partial charge in [-0.05, 0) is 25.0 Å². The topological polar surface area (TPSA) is 26.3 Å². The van der Waals surface area contributed by atoms with Gasteiger partial charge in [-0.15, -0.1) is 12.6 Å². The summed E-state index contributed by atoms with van der Waals surface area (Å²) >= 11 is 4.28. The van der Waals surface area contributed by atoms with E-state index in [1.54, 1.807) is 6.20 Å². The molecule has 4 heteroatoms. The van der Waals surface area contributed by atoms with Gasteiger partial charge in [0.25, 0.3) is 0 Å². The molecule has 0 aliphatic carbocycles. The molecule has 3 rings (SSSR count). The molecule has 0 radical (unpaired) electrons. The van der Waals surface area contributed by atoms with E-state index in [0.717, 1.165) is 23.7 Å². The summed E-state index contributed by atoms with van der Waals surface area (Å²) in [7, 11) is 0. The lowest BCUT2D eigenvalue weighted by atomic mass is 9.96. The maximum absolute atomic E-state index is 13.2. The van der Waals surface area contributed by atoms with Crippen molar-refractivity contribution in [2.24, 2.45) is 0 Å². The van der Waals surface area contributed by atoms with Crippen molar-refractivity contribution in [3.05, 3.63) is 41.7 Å². The molecule has 2 unspecified atom stereocenters. The molecule has 0 spiro atoms. The molecule has 0 N–H and O–H groups in total. The molecule has 19 heavy (non-hydrogen) atoms. The van der Waals surface area contributed by atoms with Crippen LogP contribution >= 0.6 is 12.6 Å². The van der Waals surface area contributed by atoms with Crippen LogP contribution in [0.4, 0.5) is 5.69 Å². The summed E-state index contributed by atoms with van der Waals surface area (Å²) in [5, 5.41) is 13.2. The third-order valence-corrected chi connectivity index (χ3v) is 4.80. The highest BCUT2D eigenvalue weighted by Crippen LogP contribution is 2.44. The van der Waals surface area contributed by atoms with Crippen LogP contribution in [0.3, 0.4) is 0 Å². The lowest BCUT2D eigenvalue weighted by Crippen LogP contribution is -2.71. The number of rotatable bonds is 2. The quantitative estimate of drug-likeness (QED) is 0.508. The van der Waals surface area contributed by atoms with Crippen LogP contribution < -0.4 is 4.65 Å². The Hall–Kier alpha value is -0.810. The Kier molecular flexibility index (Phi) is 3.21. The van der Waals surface area contributed by atoms with E-state index in [1.165, 1.54) is 19.3 Å². The largest absolute Gasteiger partial charge is 0.621 e. The van der Waals surface area contributed by atoms with Crippen LogP contribution in [-0.2, 0) is 0 Å². The molecular weight excluding hydrogens is 256 g/mol. The minimum atomic E-state index is -0.446. The van der Waals surface area contributed by atoms with Gasteiger partial charge in [0, 0.05) is 43.1 Å². The molecule has 1 saturated heterocycles. The molecule has 0 amide bonds. The van der Waals surface area contributed by atoms with Gasteiger partial charge in [0.2, 0.25) is 0 Å². The van der Waals surface area contributed by atoms with Gasteiger partial charge in [0.05, 0.1) is 0 Å². The number of thiol groups is 1. The van der Waals surface area contributed by atoms with Crippen LogP contribution in [-0.4, -0.2) is 23.7 Å². The molecule has 102 valence electrons. The zero-order valence-corrected chi connectivity index (χ0v) is 12.1. The molecule has 1 aromatic rings. The first-order chi connectivity index (χ1) is 9.06. The lowest BCUT2D eigenvalue weighted by molar-refractivity contribution is 0.0146. The maximum Gasteiger partial charge on any atom is 0.186 e. The fraction of sp³-hybridized carbons (Fsp3) is 0.467. The van der Waals surface area contributed by atoms with Crippen LogP contribution in [0.1, 0.15) is 26.2 Å². The smallest absolute Gasteiger partial charge is 0.186 e. The predicted molar refractivity (Wildman–Crippen MR) is 81.8 cm³/mol. The highest BCUT2D eigenvalue weighted by Gasteiger charge is 2.51. The fourth-order valence-corrected chi connectivity index (χ4v) is 3.26. The van der Waals surface area contributed by atoms with Gasteiger partial charge >= 0.3 is 0 Å². The highest BCUT2D eigenvalue weighted by molar-refractivity contribution is 7.80. The predicted octanol–water partition coefficient (Wildman–Crippen LogP) is 3.51. The van der Waals surface area contributed by atoms with Gasteiger partial charge in [-0.1, -0.05) is 6.42 Å². The van der Waals surface area contributed by atoms with Crippen molar-refractivity contribution in [2.45, 2.75) is 36.7 Å². The summed E-state index contributed by atoms with van der Waals surface area (Å²) in [6, 6.07) is 7.56. The molecule has 1 aromatic carbocycles. The van der Waals surface area contributed by atoms with Crippen molar-refractivity contribution >= 4 is 18.3 Å². The Balaban J connectivity index is 1.91. The molecule has 0 aromatic heterocycles. The average molecular weight is 276 g/mol. The third-order valence-electron chi connectivity index (χ3n) is 4.50. The molecule has 2 aliphatic heterocycles. The van der Waals surface area contributed by atoms with Crippen LogP contribution in [0, 0.1) is 5.21 Å². The van der Waals surface area contributed by atoms with Crippen LogP contribution in [0.25, 0.3) is 0 Å². The Bertz CT molecular complexity index is 495. The van der Waals surface area contributed by atoms with Crippen LogP contribution in [0.15, 0.2) is 41.4 Å². The summed E-state index contributed by atoms with van der Waals surface area (Å²) in [6.07, 6.45) is 7.48. The Morgan fingerprint density at radius 2 is 1.79 bits per heavy atom.